The van der Waals surface area contributed by atoms with E-state index in [0.717, 1.165) is 6.42 Å². The van der Waals surface area contributed by atoms with Crippen LogP contribution >= 0.6 is 0 Å². The maximum absolute atomic E-state index is 13.0. The van der Waals surface area contributed by atoms with E-state index in [0.29, 0.717) is 12.8 Å². The minimum absolute atomic E-state index is 0.119. The van der Waals surface area contributed by atoms with E-state index in [9.17, 15) is 22.0 Å². The molecular formula is C9H11F5. The van der Waals surface area contributed by atoms with Gasteiger partial charge in [-0.05, 0) is 12.8 Å². The van der Waals surface area contributed by atoms with Crippen LogP contribution in [-0.4, -0.2) is 5.92 Å². The third kappa shape index (κ3) is 2.25. The quantitative estimate of drug-likeness (QED) is 0.602. The molecule has 0 heterocycles. The van der Waals surface area contributed by atoms with E-state index in [1.165, 1.54) is 0 Å². The summed E-state index contributed by atoms with van der Waals surface area (Å²) in [6, 6.07) is 0. The fourth-order valence-corrected chi connectivity index (χ4v) is 1.77. The lowest BCUT2D eigenvalue weighted by Gasteiger charge is -2.28. The summed E-state index contributed by atoms with van der Waals surface area (Å²) in [7, 11) is 0. The highest BCUT2D eigenvalue weighted by Crippen LogP contribution is 2.42. The van der Waals surface area contributed by atoms with Crippen LogP contribution in [0.3, 0.4) is 0 Å². The van der Waals surface area contributed by atoms with E-state index in [1.807, 2.05) is 0 Å². The van der Waals surface area contributed by atoms with Crippen LogP contribution in [0.5, 0.6) is 0 Å². The Bertz CT molecular complexity index is 223. The van der Waals surface area contributed by atoms with Crippen LogP contribution in [0.1, 0.15) is 32.1 Å². The Balaban J connectivity index is 2.77. The molecule has 82 valence electrons. The van der Waals surface area contributed by atoms with Crippen LogP contribution < -0.4 is 0 Å². The zero-order valence-corrected chi connectivity index (χ0v) is 7.50. The molecule has 0 spiro atoms. The fourth-order valence-electron chi connectivity index (χ4n) is 1.77. The molecule has 1 aliphatic rings. The predicted octanol–water partition coefficient (Wildman–Crippen LogP) is 4.28. The number of hydrogen-bond acceptors (Lipinski definition) is 0. The number of alkyl halides is 2. The summed E-state index contributed by atoms with van der Waals surface area (Å²) in [5.41, 5.74) is 0. The van der Waals surface area contributed by atoms with Gasteiger partial charge in [0.05, 0.1) is 0 Å². The fraction of sp³-hybridized carbons (Fsp3) is 0.778. The molecule has 0 saturated heterocycles. The monoisotopic (exact) mass is 214 g/mol. The topological polar surface area (TPSA) is 0 Å². The van der Waals surface area contributed by atoms with Crippen molar-refractivity contribution in [3.63, 3.8) is 0 Å². The van der Waals surface area contributed by atoms with E-state index >= 15 is 0 Å². The van der Waals surface area contributed by atoms with Crippen molar-refractivity contribution in [2.45, 2.75) is 38.0 Å². The van der Waals surface area contributed by atoms with Crippen molar-refractivity contribution in [1.82, 2.24) is 0 Å². The van der Waals surface area contributed by atoms with Crippen molar-refractivity contribution >= 4 is 0 Å². The Labute approximate surface area is 78.8 Å². The van der Waals surface area contributed by atoms with Crippen molar-refractivity contribution in [3.05, 3.63) is 11.9 Å². The number of hydrogen-bond donors (Lipinski definition) is 0. The minimum Gasteiger partial charge on any atom is -0.199 e. The second-order valence-corrected chi connectivity index (χ2v) is 3.53. The molecule has 0 aromatic rings. The third-order valence-electron chi connectivity index (χ3n) is 2.58. The molecule has 0 amide bonds. The van der Waals surface area contributed by atoms with Crippen LogP contribution in [0.4, 0.5) is 22.0 Å². The Morgan fingerprint density at radius 3 is 1.86 bits per heavy atom. The molecule has 0 aromatic heterocycles. The van der Waals surface area contributed by atoms with Gasteiger partial charge in [-0.15, -0.1) is 0 Å². The highest BCUT2D eigenvalue weighted by Gasteiger charge is 2.46. The average molecular weight is 214 g/mol. The summed E-state index contributed by atoms with van der Waals surface area (Å²) in [5, 5.41) is 0. The second kappa shape index (κ2) is 4.28. The summed E-state index contributed by atoms with van der Waals surface area (Å²) >= 11 is 0. The summed E-state index contributed by atoms with van der Waals surface area (Å²) in [4.78, 5) is 0. The van der Waals surface area contributed by atoms with E-state index in [1.54, 1.807) is 0 Å². The molecule has 1 aliphatic carbocycles. The van der Waals surface area contributed by atoms with E-state index in [2.05, 4.69) is 0 Å². The molecule has 0 aromatic carbocycles. The van der Waals surface area contributed by atoms with Crippen LogP contribution in [0.15, 0.2) is 11.9 Å². The smallest absolute Gasteiger partial charge is 0.199 e. The lowest BCUT2D eigenvalue weighted by molar-refractivity contribution is -0.0584. The molecule has 0 radical (unpaired) electrons. The van der Waals surface area contributed by atoms with Crippen LogP contribution in [-0.2, 0) is 0 Å². The van der Waals surface area contributed by atoms with Crippen molar-refractivity contribution in [2.24, 2.45) is 5.92 Å². The summed E-state index contributed by atoms with van der Waals surface area (Å²) in [6.45, 7) is 0. The first-order valence-corrected chi connectivity index (χ1v) is 4.55. The van der Waals surface area contributed by atoms with Gasteiger partial charge in [-0.2, -0.15) is 22.0 Å². The Hall–Kier alpha value is -0.610. The van der Waals surface area contributed by atoms with Gasteiger partial charge >= 0.3 is 12.0 Å². The second-order valence-electron chi connectivity index (χ2n) is 3.53. The average Bonchev–Trinajstić information content (AvgIpc) is 2.18. The molecule has 1 saturated carbocycles. The lowest BCUT2D eigenvalue weighted by atomic mass is 9.84. The van der Waals surface area contributed by atoms with Gasteiger partial charge in [0.2, 0.25) is 5.83 Å². The molecule has 0 atom stereocenters. The molecule has 14 heavy (non-hydrogen) atoms. The Morgan fingerprint density at radius 2 is 1.43 bits per heavy atom. The molecule has 0 bridgehead atoms. The lowest BCUT2D eigenvalue weighted by Crippen LogP contribution is -2.31. The highest BCUT2D eigenvalue weighted by molar-refractivity contribution is 5.07. The van der Waals surface area contributed by atoms with E-state index < -0.39 is 23.7 Å². The SMILES string of the molecule is FC(F)=C(F)C(F)(F)C1CCCCC1. The zero-order chi connectivity index (χ0) is 10.8. The molecule has 1 rings (SSSR count). The van der Waals surface area contributed by atoms with Crippen molar-refractivity contribution < 1.29 is 22.0 Å². The van der Waals surface area contributed by atoms with Gasteiger partial charge in [0.15, 0.2) is 0 Å². The molecular weight excluding hydrogens is 203 g/mol. The Morgan fingerprint density at radius 1 is 0.929 bits per heavy atom. The third-order valence-corrected chi connectivity index (χ3v) is 2.58. The number of halogens is 5. The molecule has 0 nitrogen and oxygen atoms in total. The maximum atomic E-state index is 13.0. The summed E-state index contributed by atoms with van der Waals surface area (Å²) in [6.07, 6.45) is -0.735. The van der Waals surface area contributed by atoms with Gasteiger partial charge in [-0.25, -0.2) is 0 Å². The van der Waals surface area contributed by atoms with Gasteiger partial charge in [-0.3, -0.25) is 0 Å². The zero-order valence-electron chi connectivity index (χ0n) is 7.50. The first kappa shape index (κ1) is 11.5. The first-order valence-electron chi connectivity index (χ1n) is 4.55. The van der Waals surface area contributed by atoms with Crippen LogP contribution in [0.2, 0.25) is 0 Å². The van der Waals surface area contributed by atoms with E-state index in [-0.39, 0.29) is 12.8 Å². The molecule has 0 unspecified atom stereocenters. The van der Waals surface area contributed by atoms with Gasteiger partial charge < -0.3 is 0 Å². The normalized spacial score (nSPS) is 19.5. The van der Waals surface area contributed by atoms with Crippen molar-refractivity contribution in [2.75, 3.05) is 0 Å². The maximum Gasteiger partial charge on any atom is 0.307 e. The summed E-state index contributed by atoms with van der Waals surface area (Å²) in [5.74, 6) is -7.80. The number of rotatable bonds is 2. The first-order chi connectivity index (χ1) is 6.46. The van der Waals surface area contributed by atoms with Crippen molar-refractivity contribution in [3.8, 4) is 0 Å². The standard InChI is InChI=1S/C9H11F5/c10-7(8(11)12)9(13,14)6-4-2-1-3-5-6/h6H,1-5H2. The predicted molar refractivity (Wildman–Crippen MR) is 41.9 cm³/mol. The highest BCUT2D eigenvalue weighted by atomic mass is 19.3. The summed E-state index contributed by atoms with van der Waals surface area (Å²) < 4.78 is 62.0. The Kier molecular flexibility index (Phi) is 3.50. The molecule has 0 aliphatic heterocycles. The van der Waals surface area contributed by atoms with Crippen LogP contribution in [0.25, 0.3) is 0 Å². The molecule has 1 fully saturated rings. The minimum atomic E-state index is -3.99. The van der Waals surface area contributed by atoms with E-state index in [4.69, 9.17) is 0 Å². The van der Waals surface area contributed by atoms with Gasteiger partial charge in [0.25, 0.3) is 0 Å². The van der Waals surface area contributed by atoms with Gasteiger partial charge in [0.1, 0.15) is 0 Å². The van der Waals surface area contributed by atoms with Gasteiger partial charge in [0, 0.05) is 5.92 Å². The van der Waals surface area contributed by atoms with Crippen LogP contribution in [0, 0.1) is 5.92 Å². The number of allylic oxidation sites excluding steroid dienone is 1. The molecule has 0 N–H and O–H groups in total. The van der Waals surface area contributed by atoms with Gasteiger partial charge in [-0.1, -0.05) is 19.3 Å². The largest absolute Gasteiger partial charge is 0.307 e. The van der Waals surface area contributed by atoms with Crippen molar-refractivity contribution in [1.29, 1.82) is 0 Å². The molecule has 5 heteroatoms.